The summed E-state index contributed by atoms with van der Waals surface area (Å²) in [6.07, 6.45) is -0.503. The Morgan fingerprint density at radius 3 is 2.80 bits per heavy atom. The summed E-state index contributed by atoms with van der Waals surface area (Å²) in [5, 5.41) is 7.20. The van der Waals surface area contributed by atoms with E-state index in [1.807, 2.05) is 24.3 Å². The Hall–Kier alpha value is -2.83. The number of anilines is 1. The highest BCUT2D eigenvalue weighted by Gasteiger charge is 2.27. The van der Waals surface area contributed by atoms with Gasteiger partial charge in [-0.05, 0) is 36.1 Å². The van der Waals surface area contributed by atoms with Gasteiger partial charge in [0.15, 0.2) is 5.65 Å². The van der Waals surface area contributed by atoms with E-state index in [1.165, 1.54) is 16.7 Å². The normalized spacial score (nSPS) is 17.1. The van der Waals surface area contributed by atoms with Crippen LogP contribution in [0.2, 0.25) is 0 Å². The summed E-state index contributed by atoms with van der Waals surface area (Å²) < 4.78 is 27.3. The Morgan fingerprint density at radius 1 is 1.20 bits per heavy atom. The molecule has 1 atom stereocenters. The van der Waals surface area contributed by atoms with Crippen molar-refractivity contribution < 1.29 is 13.6 Å². The molecule has 3 heterocycles. The fourth-order valence-corrected chi connectivity index (χ4v) is 3.30. The zero-order chi connectivity index (χ0) is 17.6. The molecule has 0 aliphatic carbocycles. The summed E-state index contributed by atoms with van der Waals surface area (Å²) in [5.74, 6) is -0.293. The summed E-state index contributed by atoms with van der Waals surface area (Å²) in [6.45, 7) is 2.73. The maximum atomic E-state index is 13.0. The molecule has 7 heteroatoms. The fourth-order valence-electron chi connectivity index (χ4n) is 3.30. The Morgan fingerprint density at radius 2 is 2.00 bits per heavy atom. The monoisotopic (exact) mass is 342 g/mol. The minimum atomic E-state index is -2.75. The topological polar surface area (TPSA) is 50.5 Å². The van der Waals surface area contributed by atoms with Crippen molar-refractivity contribution in [1.29, 1.82) is 0 Å². The van der Waals surface area contributed by atoms with Crippen molar-refractivity contribution in [3.8, 4) is 0 Å². The van der Waals surface area contributed by atoms with Gasteiger partial charge >= 0.3 is 0 Å². The molecule has 0 bridgehead atoms. The predicted molar refractivity (Wildman–Crippen MR) is 89.1 cm³/mol. The molecule has 0 fully saturated rings. The van der Waals surface area contributed by atoms with Crippen molar-refractivity contribution in [3.63, 3.8) is 0 Å². The van der Waals surface area contributed by atoms with Crippen LogP contribution in [0.15, 0.2) is 42.6 Å². The quantitative estimate of drug-likeness (QED) is 0.711. The molecular formula is C18H16F2N4O. The Labute approximate surface area is 142 Å². The van der Waals surface area contributed by atoms with Gasteiger partial charge in [0, 0.05) is 18.4 Å². The molecule has 1 aliphatic rings. The SMILES string of the molecule is C[C@H]1CCN(C(=O)c2ccc3nnc(C(F)F)n3c2)c2ccccc21. The zero-order valence-corrected chi connectivity index (χ0v) is 13.6. The van der Waals surface area contributed by atoms with Crippen LogP contribution in [0, 0.1) is 0 Å². The van der Waals surface area contributed by atoms with Crippen molar-refractivity contribution >= 4 is 17.2 Å². The largest absolute Gasteiger partial charge is 0.308 e. The molecule has 0 N–H and O–H groups in total. The second kappa shape index (κ2) is 5.91. The van der Waals surface area contributed by atoms with Gasteiger partial charge in [-0.25, -0.2) is 8.78 Å². The van der Waals surface area contributed by atoms with E-state index in [0.717, 1.165) is 17.7 Å². The Balaban J connectivity index is 1.75. The van der Waals surface area contributed by atoms with E-state index in [2.05, 4.69) is 17.1 Å². The van der Waals surface area contributed by atoms with Crippen LogP contribution in [-0.2, 0) is 0 Å². The van der Waals surface area contributed by atoms with Crippen LogP contribution in [0.1, 0.15) is 47.4 Å². The average Bonchev–Trinajstić information content (AvgIpc) is 3.05. The maximum absolute atomic E-state index is 13.0. The first-order valence-corrected chi connectivity index (χ1v) is 8.10. The fraction of sp³-hybridized carbons (Fsp3) is 0.278. The smallest absolute Gasteiger partial charge is 0.297 e. The zero-order valence-electron chi connectivity index (χ0n) is 13.6. The number of halogens is 2. The van der Waals surface area contributed by atoms with Crippen LogP contribution < -0.4 is 4.90 Å². The van der Waals surface area contributed by atoms with Gasteiger partial charge in [0.25, 0.3) is 12.3 Å². The minimum Gasteiger partial charge on any atom is -0.308 e. The standard InChI is InChI=1S/C18H16F2N4O/c1-11-8-9-23(14-5-3-2-4-13(11)14)18(25)12-6-7-15-21-22-17(16(19)20)24(15)10-12/h2-7,10-11,16H,8-9H2,1H3/t11-/m0/s1. The first-order valence-electron chi connectivity index (χ1n) is 8.10. The van der Waals surface area contributed by atoms with E-state index < -0.39 is 12.2 Å². The number of pyridine rings is 1. The Kier molecular flexibility index (Phi) is 3.71. The lowest BCUT2D eigenvalue weighted by Crippen LogP contribution is -2.36. The van der Waals surface area contributed by atoms with Crippen molar-refractivity contribution in [2.75, 3.05) is 11.4 Å². The molecule has 3 aromatic rings. The van der Waals surface area contributed by atoms with Crippen LogP contribution in [0.3, 0.4) is 0 Å². The molecule has 25 heavy (non-hydrogen) atoms. The van der Waals surface area contributed by atoms with E-state index in [4.69, 9.17) is 0 Å². The molecule has 2 aromatic heterocycles. The number of rotatable bonds is 2. The summed E-state index contributed by atoms with van der Waals surface area (Å²) in [6, 6.07) is 10.9. The van der Waals surface area contributed by atoms with E-state index in [0.29, 0.717) is 23.7 Å². The number of aromatic nitrogens is 3. The van der Waals surface area contributed by atoms with Crippen LogP contribution >= 0.6 is 0 Å². The van der Waals surface area contributed by atoms with Gasteiger partial charge in [0.05, 0.1) is 5.56 Å². The van der Waals surface area contributed by atoms with E-state index >= 15 is 0 Å². The van der Waals surface area contributed by atoms with E-state index in [-0.39, 0.29) is 5.91 Å². The van der Waals surface area contributed by atoms with Crippen LogP contribution in [-0.4, -0.2) is 27.0 Å². The van der Waals surface area contributed by atoms with Gasteiger partial charge in [-0.3, -0.25) is 9.20 Å². The number of carbonyl (C=O) groups is 1. The molecule has 128 valence electrons. The highest BCUT2D eigenvalue weighted by atomic mass is 19.3. The minimum absolute atomic E-state index is 0.213. The number of carbonyl (C=O) groups excluding carboxylic acids is 1. The number of hydrogen-bond acceptors (Lipinski definition) is 3. The molecular weight excluding hydrogens is 326 g/mol. The van der Waals surface area contributed by atoms with Crippen LogP contribution in [0.25, 0.3) is 5.65 Å². The van der Waals surface area contributed by atoms with Gasteiger partial charge in [-0.2, -0.15) is 0 Å². The third-order valence-corrected chi connectivity index (χ3v) is 4.66. The van der Waals surface area contributed by atoms with E-state index in [1.54, 1.807) is 11.0 Å². The van der Waals surface area contributed by atoms with Crippen molar-refractivity contribution in [2.45, 2.75) is 25.7 Å². The number of alkyl halides is 2. The van der Waals surface area contributed by atoms with Gasteiger partial charge < -0.3 is 4.90 Å². The molecule has 0 saturated heterocycles. The number of benzene rings is 1. The maximum Gasteiger partial charge on any atom is 0.297 e. The van der Waals surface area contributed by atoms with Crippen molar-refractivity contribution in [1.82, 2.24) is 14.6 Å². The lowest BCUT2D eigenvalue weighted by molar-refractivity contribution is 0.0983. The van der Waals surface area contributed by atoms with Gasteiger partial charge in [-0.15, -0.1) is 10.2 Å². The van der Waals surface area contributed by atoms with Gasteiger partial charge in [-0.1, -0.05) is 25.1 Å². The molecule has 1 aromatic carbocycles. The lowest BCUT2D eigenvalue weighted by Gasteiger charge is -2.33. The predicted octanol–water partition coefficient (Wildman–Crippen LogP) is 3.82. The third kappa shape index (κ3) is 2.56. The lowest BCUT2D eigenvalue weighted by atomic mass is 9.91. The third-order valence-electron chi connectivity index (χ3n) is 4.66. The molecule has 5 nitrogen and oxygen atoms in total. The number of amides is 1. The molecule has 1 aliphatic heterocycles. The second-order valence-corrected chi connectivity index (χ2v) is 6.21. The van der Waals surface area contributed by atoms with Crippen molar-refractivity contribution in [3.05, 3.63) is 59.5 Å². The van der Waals surface area contributed by atoms with Crippen LogP contribution in [0.5, 0.6) is 0 Å². The first-order chi connectivity index (χ1) is 12.1. The van der Waals surface area contributed by atoms with Crippen molar-refractivity contribution in [2.24, 2.45) is 0 Å². The van der Waals surface area contributed by atoms with Gasteiger partial charge in [0.2, 0.25) is 5.82 Å². The number of fused-ring (bicyclic) bond motifs is 2. The summed E-state index contributed by atoms with van der Waals surface area (Å²) >= 11 is 0. The number of hydrogen-bond donors (Lipinski definition) is 0. The van der Waals surface area contributed by atoms with Gasteiger partial charge in [0.1, 0.15) is 0 Å². The highest BCUT2D eigenvalue weighted by molar-refractivity contribution is 6.06. The molecule has 1 amide bonds. The Bertz CT molecular complexity index is 953. The molecule has 4 rings (SSSR count). The summed E-state index contributed by atoms with van der Waals surface area (Å²) in [7, 11) is 0. The molecule has 0 unspecified atom stereocenters. The molecule has 0 spiro atoms. The molecule has 0 radical (unpaired) electrons. The summed E-state index contributed by atoms with van der Waals surface area (Å²) in [5.41, 5.74) is 2.63. The average molecular weight is 342 g/mol. The summed E-state index contributed by atoms with van der Waals surface area (Å²) in [4.78, 5) is 14.7. The highest BCUT2D eigenvalue weighted by Crippen LogP contribution is 2.35. The second-order valence-electron chi connectivity index (χ2n) is 6.21. The number of para-hydroxylation sites is 1. The van der Waals surface area contributed by atoms with Crippen LogP contribution in [0.4, 0.5) is 14.5 Å². The first kappa shape index (κ1) is 15.7. The molecule has 0 saturated carbocycles. The van der Waals surface area contributed by atoms with E-state index in [9.17, 15) is 13.6 Å². The number of nitrogens with zero attached hydrogens (tertiary/aromatic N) is 4.